The number of aryl methyl sites for hydroxylation is 3. The van der Waals surface area contributed by atoms with Crippen molar-refractivity contribution in [3.8, 4) is 0 Å². The Bertz CT molecular complexity index is 659. The molecule has 0 spiro atoms. The Hall–Kier alpha value is -2.22. The van der Waals surface area contributed by atoms with Crippen molar-refractivity contribution >= 4 is 28.4 Å². The summed E-state index contributed by atoms with van der Waals surface area (Å²) >= 11 is 0.948. The van der Waals surface area contributed by atoms with Crippen molar-refractivity contribution in [3.63, 3.8) is 0 Å². The van der Waals surface area contributed by atoms with Crippen LogP contribution in [-0.4, -0.2) is 31.1 Å². The van der Waals surface area contributed by atoms with Crippen LogP contribution in [0.3, 0.4) is 0 Å². The standard InChI is InChI=1S/C11H12N4O3S/c1-5-4-7(15(3)13-5)9(16)12-10-8(11(17)18)6(2)14-19-10/h4H,1-3H3,(H,12,16)(H,17,18). The zero-order chi connectivity index (χ0) is 14.2. The van der Waals surface area contributed by atoms with E-state index in [2.05, 4.69) is 14.8 Å². The molecule has 19 heavy (non-hydrogen) atoms. The normalized spacial score (nSPS) is 10.5. The highest BCUT2D eigenvalue weighted by atomic mass is 32.1. The van der Waals surface area contributed by atoms with Gasteiger partial charge in [-0.2, -0.15) is 9.47 Å². The molecule has 0 aliphatic heterocycles. The highest BCUT2D eigenvalue weighted by Gasteiger charge is 2.21. The van der Waals surface area contributed by atoms with Gasteiger partial charge in [-0.05, 0) is 31.4 Å². The molecule has 0 bridgehead atoms. The second-order valence-corrected chi connectivity index (χ2v) is 4.80. The summed E-state index contributed by atoms with van der Waals surface area (Å²) in [7, 11) is 1.65. The van der Waals surface area contributed by atoms with Gasteiger partial charge in [0.25, 0.3) is 5.91 Å². The second kappa shape index (κ2) is 4.81. The molecule has 0 unspecified atom stereocenters. The maximum Gasteiger partial charge on any atom is 0.340 e. The van der Waals surface area contributed by atoms with Crippen LogP contribution in [0.2, 0.25) is 0 Å². The van der Waals surface area contributed by atoms with Crippen molar-refractivity contribution in [1.29, 1.82) is 0 Å². The van der Waals surface area contributed by atoms with E-state index in [0.717, 1.165) is 11.5 Å². The molecule has 0 radical (unpaired) electrons. The van der Waals surface area contributed by atoms with Gasteiger partial charge in [-0.15, -0.1) is 0 Å². The lowest BCUT2D eigenvalue weighted by Gasteiger charge is -2.03. The van der Waals surface area contributed by atoms with Crippen molar-refractivity contribution in [2.45, 2.75) is 13.8 Å². The molecule has 0 aromatic carbocycles. The van der Waals surface area contributed by atoms with Crippen LogP contribution >= 0.6 is 11.5 Å². The number of aromatic carboxylic acids is 1. The van der Waals surface area contributed by atoms with Crippen LogP contribution in [0.1, 0.15) is 32.2 Å². The lowest BCUT2D eigenvalue weighted by molar-refractivity contribution is 0.0697. The Morgan fingerprint density at radius 2 is 2.11 bits per heavy atom. The Labute approximate surface area is 113 Å². The van der Waals surface area contributed by atoms with Crippen molar-refractivity contribution < 1.29 is 14.7 Å². The Morgan fingerprint density at radius 1 is 1.42 bits per heavy atom. The van der Waals surface area contributed by atoms with Gasteiger partial charge in [0.05, 0.1) is 11.4 Å². The lowest BCUT2D eigenvalue weighted by atomic mass is 10.2. The SMILES string of the molecule is Cc1cc(C(=O)Nc2snc(C)c2C(=O)O)n(C)n1. The summed E-state index contributed by atoms with van der Waals surface area (Å²) in [6, 6.07) is 1.63. The molecule has 8 heteroatoms. The molecule has 2 heterocycles. The Morgan fingerprint density at radius 3 is 2.63 bits per heavy atom. The van der Waals surface area contributed by atoms with Gasteiger partial charge in [-0.3, -0.25) is 9.48 Å². The molecule has 2 aromatic heterocycles. The van der Waals surface area contributed by atoms with E-state index in [9.17, 15) is 9.59 Å². The van der Waals surface area contributed by atoms with E-state index in [1.807, 2.05) is 0 Å². The molecule has 2 aromatic rings. The fourth-order valence-corrected chi connectivity index (χ4v) is 2.48. The molecule has 0 saturated heterocycles. The minimum Gasteiger partial charge on any atom is -0.478 e. The minimum absolute atomic E-state index is 0.0252. The number of anilines is 1. The van der Waals surface area contributed by atoms with Crippen LogP contribution < -0.4 is 5.32 Å². The number of nitrogens with zero attached hydrogens (tertiary/aromatic N) is 3. The highest BCUT2D eigenvalue weighted by molar-refractivity contribution is 7.11. The van der Waals surface area contributed by atoms with Crippen molar-refractivity contribution in [3.05, 3.63) is 28.7 Å². The van der Waals surface area contributed by atoms with Crippen LogP contribution in [0.25, 0.3) is 0 Å². The van der Waals surface area contributed by atoms with E-state index < -0.39 is 11.9 Å². The first-order chi connectivity index (χ1) is 8.90. The summed E-state index contributed by atoms with van der Waals surface area (Å²) in [4.78, 5) is 23.1. The summed E-state index contributed by atoms with van der Waals surface area (Å²) in [5.74, 6) is -1.52. The van der Waals surface area contributed by atoms with Gasteiger partial charge in [-0.1, -0.05) is 0 Å². The lowest BCUT2D eigenvalue weighted by Crippen LogP contribution is -2.17. The van der Waals surface area contributed by atoms with E-state index in [-0.39, 0.29) is 10.6 Å². The number of carbonyl (C=O) groups excluding carboxylic acids is 1. The fourth-order valence-electron chi connectivity index (χ4n) is 1.70. The van der Waals surface area contributed by atoms with E-state index >= 15 is 0 Å². The summed E-state index contributed by atoms with van der Waals surface area (Å²) in [5, 5.41) is 15.9. The average Bonchev–Trinajstić information content (AvgIpc) is 2.82. The quantitative estimate of drug-likeness (QED) is 0.886. The summed E-state index contributed by atoms with van der Waals surface area (Å²) in [6.45, 7) is 3.36. The predicted molar refractivity (Wildman–Crippen MR) is 69.7 cm³/mol. The number of nitrogens with one attached hydrogen (secondary N) is 1. The summed E-state index contributed by atoms with van der Waals surface area (Å²) in [5.41, 5.74) is 1.48. The molecule has 7 nitrogen and oxygen atoms in total. The number of hydrogen-bond acceptors (Lipinski definition) is 5. The van der Waals surface area contributed by atoms with Crippen molar-refractivity contribution in [2.24, 2.45) is 7.05 Å². The molecular formula is C11H12N4O3S. The van der Waals surface area contributed by atoms with Crippen molar-refractivity contribution in [1.82, 2.24) is 14.2 Å². The number of aromatic nitrogens is 3. The smallest absolute Gasteiger partial charge is 0.340 e. The highest BCUT2D eigenvalue weighted by Crippen LogP contribution is 2.24. The van der Waals surface area contributed by atoms with Crippen LogP contribution in [0.5, 0.6) is 0 Å². The zero-order valence-corrected chi connectivity index (χ0v) is 11.4. The first-order valence-electron chi connectivity index (χ1n) is 5.41. The second-order valence-electron chi connectivity index (χ2n) is 4.03. The van der Waals surface area contributed by atoms with E-state index in [0.29, 0.717) is 17.1 Å². The van der Waals surface area contributed by atoms with Crippen LogP contribution in [0.4, 0.5) is 5.00 Å². The Kier molecular flexibility index (Phi) is 3.34. The molecule has 1 amide bonds. The largest absolute Gasteiger partial charge is 0.478 e. The van der Waals surface area contributed by atoms with Crippen LogP contribution in [-0.2, 0) is 7.05 Å². The Balaban J connectivity index is 2.29. The summed E-state index contributed by atoms with van der Waals surface area (Å²) < 4.78 is 5.38. The number of amides is 1. The fraction of sp³-hybridized carbons (Fsp3) is 0.273. The van der Waals surface area contributed by atoms with Gasteiger partial charge >= 0.3 is 5.97 Å². The first kappa shape index (κ1) is 13.2. The molecule has 0 saturated carbocycles. The molecule has 0 aliphatic carbocycles. The van der Waals surface area contributed by atoms with Gasteiger partial charge in [0.2, 0.25) is 0 Å². The van der Waals surface area contributed by atoms with Gasteiger partial charge in [-0.25, -0.2) is 4.79 Å². The van der Waals surface area contributed by atoms with Gasteiger partial charge in [0.1, 0.15) is 16.3 Å². The third kappa shape index (κ3) is 2.48. The van der Waals surface area contributed by atoms with E-state index in [1.54, 1.807) is 27.0 Å². The van der Waals surface area contributed by atoms with Crippen molar-refractivity contribution in [2.75, 3.05) is 5.32 Å². The monoisotopic (exact) mass is 280 g/mol. The number of carbonyl (C=O) groups is 2. The first-order valence-corrected chi connectivity index (χ1v) is 6.19. The van der Waals surface area contributed by atoms with Gasteiger partial charge < -0.3 is 10.4 Å². The molecule has 2 N–H and O–H groups in total. The van der Waals surface area contributed by atoms with Gasteiger partial charge in [0, 0.05) is 7.05 Å². The molecular weight excluding hydrogens is 268 g/mol. The van der Waals surface area contributed by atoms with Crippen LogP contribution in [0, 0.1) is 13.8 Å². The predicted octanol–water partition coefficient (Wildman–Crippen LogP) is 1.44. The molecule has 0 atom stereocenters. The molecule has 2 rings (SSSR count). The minimum atomic E-state index is -1.11. The topological polar surface area (TPSA) is 97.1 Å². The number of rotatable bonds is 3. The zero-order valence-electron chi connectivity index (χ0n) is 10.6. The third-order valence-electron chi connectivity index (χ3n) is 2.54. The molecule has 0 aliphatic rings. The molecule has 100 valence electrons. The number of carboxylic acids is 1. The third-order valence-corrected chi connectivity index (χ3v) is 3.39. The number of hydrogen-bond donors (Lipinski definition) is 2. The molecule has 0 fully saturated rings. The van der Waals surface area contributed by atoms with Crippen LogP contribution in [0.15, 0.2) is 6.07 Å². The maximum atomic E-state index is 12.0. The maximum absolute atomic E-state index is 12.0. The summed E-state index contributed by atoms with van der Waals surface area (Å²) in [6.07, 6.45) is 0. The van der Waals surface area contributed by atoms with E-state index in [1.165, 1.54) is 4.68 Å². The van der Waals surface area contributed by atoms with E-state index in [4.69, 9.17) is 5.11 Å². The van der Waals surface area contributed by atoms with Gasteiger partial charge in [0.15, 0.2) is 0 Å². The number of carboxylic acid groups (broad SMARTS) is 1. The average molecular weight is 280 g/mol.